The fourth-order valence-electron chi connectivity index (χ4n) is 1.31. The van der Waals surface area contributed by atoms with Crippen molar-refractivity contribution >= 4 is 17.7 Å². The van der Waals surface area contributed by atoms with Crippen LogP contribution in [0.5, 0.6) is 17.4 Å². The van der Waals surface area contributed by atoms with E-state index in [1.54, 1.807) is 37.4 Å². The van der Waals surface area contributed by atoms with Crippen LogP contribution in [-0.2, 0) is 0 Å². The van der Waals surface area contributed by atoms with Crippen molar-refractivity contribution in [3.63, 3.8) is 0 Å². The quantitative estimate of drug-likeness (QED) is 0.873. The molecule has 0 bridgehead atoms. The fourth-order valence-corrected chi connectivity index (χ4v) is 1.44. The van der Waals surface area contributed by atoms with Crippen LogP contribution >= 0.6 is 11.6 Å². The molecule has 1 aromatic heterocycles. The molecule has 0 unspecified atom stereocenters. The number of hydrogen-bond acceptors (Lipinski definition) is 5. The molecule has 7 heteroatoms. The summed E-state index contributed by atoms with van der Waals surface area (Å²) in [5.41, 5.74) is 5.65. The largest absolute Gasteiger partial charge is 0.439 e. The highest BCUT2D eigenvalue weighted by molar-refractivity contribution is 6.28. The number of hydrogen-bond donors (Lipinski definition) is 1. The number of nitrogens with two attached hydrogens (primary N) is 1. The summed E-state index contributed by atoms with van der Waals surface area (Å²) in [6.07, 6.45) is 0.696. The van der Waals surface area contributed by atoms with E-state index in [4.69, 9.17) is 26.8 Å². The van der Waals surface area contributed by atoms with E-state index in [-0.39, 0.29) is 5.28 Å². The van der Waals surface area contributed by atoms with Gasteiger partial charge in [0.05, 0.1) is 0 Å². The van der Waals surface area contributed by atoms with Crippen molar-refractivity contribution < 1.29 is 14.3 Å². The van der Waals surface area contributed by atoms with E-state index in [0.29, 0.717) is 17.4 Å². The van der Waals surface area contributed by atoms with Crippen molar-refractivity contribution in [2.45, 2.75) is 6.92 Å². The number of rotatable bonds is 3. The van der Waals surface area contributed by atoms with Crippen LogP contribution in [0.25, 0.3) is 0 Å². The topological polar surface area (TPSA) is 87.3 Å². The molecule has 1 heterocycles. The molecule has 2 aromatic rings. The van der Waals surface area contributed by atoms with Crippen LogP contribution in [0.2, 0.25) is 5.28 Å². The lowest BCUT2D eigenvalue weighted by Crippen LogP contribution is -2.16. The summed E-state index contributed by atoms with van der Waals surface area (Å²) in [4.78, 5) is 18.4. The number of amides is 1. The lowest BCUT2D eigenvalue weighted by atomic mass is 10.3. The van der Waals surface area contributed by atoms with Crippen molar-refractivity contribution in [1.82, 2.24) is 9.97 Å². The van der Waals surface area contributed by atoms with Gasteiger partial charge in [0.1, 0.15) is 11.5 Å². The van der Waals surface area contributed by atoms with Crippen LogP contribution in [0.15, 0.2) is 30.5 Å². The summed E-state index contributed by atoms with van der Waals surface area (Å²) in [6, 6.07) is 6.35. The Bertz CT molecular complexity index is 602. The molecule has 0 aliphatic heterocycles. The zero-order valence-corrected chi connectivity index (χ0v) is 10.7. The first kappa shape index (κ1) is 13.1. The number of carbonyl (C=O) groups excluding carboxylic acids is 1. The van der Waals surface area contributed by atoms with Gasteiger partial charge in [0.25, 0.3) is 0 Å². The van der Waals surface area contributed by atoms with Gasteiger partial charge in [-0.2, -0.15) is 4.98 Å². The minimum atomic E-state index is -0.868. The lowest BCUT2D eigenvalue weighted by Gasteiger charge is -2.07. The van der Waals surface area contributed by atoms with Gasteiger partial charge in [-0.05, 0) is 42.8 Å². The molecule has 0 saturated heterocycles. The average Bonchev–Trinajstić information content (AvgIpc) is 2.35. The number of primary amides is 1. The van der Waals surface area contributed by atoms with E-state index in [2.05, 4.69) is 9.97 Å². The summed E-state index contributed by atoms with van der Waals surface area (Å²) in [6.45, 7) is 1.80. The van der Waals surface area contributed by atoms with Gasteiger partial charge in [-0.25, -0.2) is 9.78 Å². The SMILES string of the molecule is Cc1cnc(Cl)nc1Oc1ccc(OC(N)=O)cc1. The Kier molecular flexibility index (Phi) is 3.82. The Balaban J connectivity index is 2.15. The smallest absolute Gasteiger partial charge is 0.409 e. The number of benzene rings is 1. The van der Waals surface area contributed by atoms with Crippen molar-refractivity contribution in [3.8, 4) is 17.4 Å². The Labute approximate surface area is 114 Å². The molecular weight excluding hydrogens is 270 g/mol. The second kappa shape index (κ2) is 5.53. The Morgan fingerprint density at radius 2 is 1.89 bits per heavy atom. The van der Waals surface area contributed by atoms with Crippen LogP contribution in [0.1, 0.15) is 5.56 Å². The normalized spacial score (nSPS) is 10.0. The Hall–Kier alpha value is -2.34. The van der Waals surface area contributed by atoms with Gasteiger partial charge in [-0.15, -0.1) is 0 Å². The van der Waals surface area contributed by atoms with Crippen LogP contribution < -0.4 is 15.2 Å². The third-order valence-corrected chi connectivity index (χ3v) is 2.33. The summed E-state index contributed by atoms with van der Waals surface area (Å²) in [5.74, 6) is 1.22. The maximum absolute atomic E-state index is 10.6. The number of aryl methyl sites for hydroxylation is 1. The molecule has 0 aliphatic rings. The zero-order chi connectivity index (χ0) is 13.8. The van der Waals surface area contributed by atoms with Crippen molar-refractivity contribution in [3.05, 3.63) is 41.3 Å². The molecule has 0 spiro atoms. The van der Waals surface area contributed by atoms with Gasteiger partial charge in [-0.3, -0.25) is 0 Å². The van der Waals surface area contributed by atoms with Gasteiger partial charge >= 0.3 is 6.09 Å². The molecule has 6 nitrogen and oxygen atoms in total. The van der Waals surface area contributed by atoms with Gasteiger partial charge < -0.3 is 15.2 Å². The second-order valence-electron chi connectivity index (χ2n) is 3.62. The van der Waals surface area contributed by atoms with Gasteiger partial charge in [0.2, 0.25) is 11.2 Å². The van der Waals surface area contributed by atoms with Crippen LogP contribution in [0.3, 0.4) is 0 Å². The third kappa shape index (κ3) is 3.56. The van der Waals surface area contributed by atoms with Crippen LogP contribution in [0, 0.1) is 6.92 Å². The number of carbonyl (C=O) groups is 1. The molecule has 0 aliphatic carbocycles. The summed E-state index contributed by atoms with van der Waals surface area (Å²) in [7, 11) is 0. The third-order valence-electron chi connectivity index (χ3n) is 2.15. The highest BCUT2D eigenvalue weighted by Crippen LogP contribution is 2.25. The molecule has 19 heavy (non-hydrogen) atoms. The van der Waals surface area contributed by atoms with Crippen molar-refractivity contribution in [2.24, 2.45) is 5.73 Å². The van der Waals surface area contributed by atoms with Crippen molar-refractivity contribution in [1.29, 1.82) is 0 Å². The molecule has 2 N–H and O–H groups in total. The molecule has 98 valence electrons. The molecule has 2 rings (SSSR count). The minimum absolute atomic E-state index is 0.106. The predicted molar refractivity (Wildman–Crippen MR) is 68.5 cm³/mol. The highest BCUT2D eigenvalue weighted by atomic mass is 35.5. The zero-order valence-electron chi connectivity index (χ0n) is 9.96. The van der Waals surface area contributed by atoms with Crippen molar-refractivity contribution in [2.75, 3.05) is 0 Å². The first-order valence-corrected chi connectivity index (χ1v) is 5.67. The predicted octanol–water partition coefficient (Wildman–Crippen LogP) is 2.69. The van der Waals surface area contributed by atoms with Gasteiger partial charge in [0, 0.05) is 11.8 Å². The standard InChI is InChI=1S/C12H10ClN3O3/c1-7-6-15-11(13)16-10(7)18-8-2-4-9(5-3-8)19-12(14)17/h2-6H,1H3,(H2,14,17). The first-order chi connectivity index (χ1) is 9.04. The molecule has 1 aromatic carbocycles. The molecule has 0 radical (unpaired) electrons. The van der Waals surface area contributed by atoms with Crippen LogP contribution in [0.4, 0.5) is 4.79 Å². The summed E-state index contributed by atoms with van der Waals surface area (Å²) < 4.78 is 10.2. The Morgan fingerprint density at radius 1 is 1.26 bits per heavy atom. The van der Waals surface area contributed by atoms with Crippen LogP contribution in [-0.4, -0.2) is 16.1 Å². The van der Waals surface area contributed by atoms with E-state index in [1.165, 1.54) is 0 Å². The number of nitrogens with zero attached hydrogens (tertiary/aromatic N) is 2. The number of halogens is 1. The summed E-state index contributed by atoms with van der Waals surface area (Å²) >= 11 is 5.69. The molecular formula is C12H10ClN3O3. The van der Waals surface area contributed by atoms with E-state index >= 15 is 0 Å². The maximum atomic E-state index is 10.6. The van der Waals surface area contributed by atoms with Gasteiger partial charge in [-0.1, -0.05) is 0 Å². The number of ether oxygens (including phenoxy) is 2. The monoisotopic (exact) mass is 279 g/mol. The van der Waals surface area contributed by atoms with E-state index in [1.807, 2.05) is 0 Å². The number of aromatic nitrogens is 2. The van der Waals surface area contributed by atoms with E-state index < -0.39 is 6.09 Å². The molecule has 1 amide bonds. The molecule has 0 saturated carbocycles. The highest BCUT2D eigenvalue weighted by Gasteiger charge is 2.06. The first-order valence-electron chi connectivity index (χ1n) is 5.29. The lowest BCUT2D eigenvalue weighted by molar-refractivity contribution is 0.211. The minimum Gasteiger partial charge on any atom is -0.439 e. The molecule has 0 fully saturated rings. The van der Waals surface area contributed by atoms with Gasteiger partial charge in [0.15, 0.2) is 0 Å². The van der Waals surface area contributed by atoms with E-state index in [0.717, 1.165) is 5.56 Å². The summed E-state index contributed by atoms with van der Waals surface area (Å²) in [5, 5.41) is 0.106. The Morgan fingerprint density at radius 3 is 2.53 bits per heavy atom. The second-order valence-corrected chi connectivity index (χ2v) is 3.96. The average molecular weight is 280 g/mol. The molecule has 0 atom stereocenters. The maximum Gasteiger partial charge on any atom is 0.409 e. The van der Waals surface area contributed by atoms with E-state index in [9.17, 15) is 4.79 Å². The fraction of sp³-hybridized carbons (Fsp3) is 0.0833.